The Balaban J connectivity index is 1.80. The second kappa shape index (κ2) is 7.03. The van der Waals surface area contributed by atoms with Crippen LogP contribution in [0.4, 0.5) is 9.93 Å². The number of carbonyl (C=O) groups excluding carboxylic acids is 1. The van der Waals surface area contributed by atoms with Gasteiger partial charge < -0.3 is 10.4 Å². The lowest BCUT2D eigenvalue weighted by molar-refractivity contribution is -0.137. The van der Waals surface area contributed by atoms with Gasteiger partial charge in [0.15, 0.2) is 5.13 Å². The average Bonchev–Trinajstić information content (AvgIpc) is 2.84. The molecule has 21 heavy (non-hydrogen) atoms. The monoisotopic (exact) mass is 307 g/mol. The molecule has 0 fully saturated rings. The lowest BCUT2D eigenvalue weighted by atomic mass is 10.1. The molecule has 0 bridgehead atoms. The number of amides is 2. The van der Waals surface area contributed by atoms with Crippen LogP contribution < -0.4 is 10.6 Å². The Labute approximate surface area is 126 Å². The molecule has 0 radical (unpaired) electrons. The number of aromatic nitrogens is 1. The van der Waals surface area contributed by atoms with Crippen LogP contribution in [-0.4, -0.2) is 28.6 Å². The summed E-state index contributed by atoms with van der Waals surface area (Å²) in [5, 5.41) is 14.6. The SMILES string of the molecule is CC(CCC(=O)O)CNC(=O)Nc1nc2ccccc2s1. The fourth-order valence-corrected chi connectivity index (χ4v) is 2.67. The van der Waals surface area contributed by atoms with Gasteiger partial charge in [-0.3, -0.25) is 10.1 Å². The number of hydrogen-bond acceptors (Lipinski definition) is 4. The van der Waals surface area contributed by atoms with E-state index in [9.17, 15) is 9.59 Å². The summed E-state index contributed by atoms with van der Waals surface area (Å²) >= 11 is 1.41. The number of urea groups is 1. The van der Waals surface area contributed by atoms with Crippen molar-refractivity contribution in [1.82, 2.24) is 10.3 Å². The summed E-state index contributed by atoms with van der Waals surface area (Å²) in [6.45, 7) is 2.34. The van der Waals surface area contributed by atoms with E-state index in [4.69, 9.17) is 5.11 Å². The molecule has 0 aliphatic heterocycles. The molecule has 2 rings (SSSR count). The number of nitrogens with one attached hydrogen (secondary N) is 2. The van der Waals surface area contributed by atoms with E-state index in [0.717, 1.165) is 10.2 Å². The van der Waals surface area contributed by atoms with Crippen molar-refractivity contribution >= 4 is 38.7 Å². The minimum absolute atomic E-state index is 0.113. The van der Waals surface area contributed by atoms with Gasteiger partial charge in [-0.25, -0.2) is 9.78 Å². The number of thiazole rings is 1. The van der Waals surface area contributed by atoms with Crippen LogP contribution in [0.1, 0.15) is 19.8 Å². The van der Waals surface area contributed by atoms with Crippen LogP contribution in [0.3, 0.4) is 0 Å². The van der Waals surface area contributed by atoms with E-state index >= 15 is 0 Å². The summed E-state index contributed by atoms with van der Waals surface area (Å²) < 4.78 is 1.02. The number of carboxylic acids is 1. The normalized spacial score (nSPS) is 12.0. The van der Waals surface area contributed by atoms with Crippen LogP contribution in [-0.2, 0) is 4.79 Å². The smallest absolute Gasteiger partial charge is 0.321 e. The lowest BCUT2D eigenvalue weighted by Gasteiger charge is -2.11. The van der Waals surface area contributed by atoms with Gasteiger partial charge in [-0.2, -0.15) is 0 Å². The Hall–Kier alpha value is -2.15. The molecule has 0 aliphatic rings. The van der Waals surface area contributed by atoms with Gasteiger partial charge in [0.05, 0.1) is 10.2 Å². The molecule has 7 heteroatoms. The van der Waals surface area contributed by atoms with Crippen molar-refractivity contribution in [2.75, 3.05) is 11.9 Å². The summed E-state index contributed by atoms with van der Waals surface area (Å²) in [7, 11) is 0. The van der Waals surface area contributed by atoms with Crippen molar-refractivity contribution < 1.29 is 14.7 Å². The molecule has 2 amide bonds. The molecule has 1 aromatic heterocycles. The number of fused-ring (bicyclic) bond motifs is 1. The van der Waals surface area contributed by atoms with Gasteiger partial charge >= 0.3 is 12.0 Å². The molecule has 0 spiro atoms. The van der Waals surface area contributed by atoms with Gasteiger partial charge in [0.1, 0.15) is 0 Å². The number of nitrogens with zero attached hydrogens (tertiary/aromatic N) is 1. The predicted molar refractivity (Wildman–Crippen MR) is 82.7 cm³/mol. The minimum Gasteiger partial charge on any atom is -0.481 e. The summed E-state index contributed by atoms with van der Waals surface area (Å²) in [5.41, 5.74) is 0.854. The molecule has 0 saturated carbocycles. The Morgan fingerprint density at radius 3 is 2.86 bits per heavy atom. The van der Waals surface area contributed by atoms with Crippen LogP contribution in [0.15, 0.2) is 24.3 Å². The Morgan fingerprint density at radius 1 is 1.38 bits per heavy atom. The molecule has 2 aromatic rings. The maximum absolute atomic E-state index is 11.8. The average molecular weight is 307 g/mol. The highest BCUT2D eigenvalue weighted by atomic mass is 32.1. The third-order valence-electron chi connectivity index (χ3n) is 2.98. The maximum Gasteiger partial charge on any atom is 0.321 e. The fraction of sp³-hybridized carbons (Fsp3) is 0.357. The molecule has 3 N–H and O–H groups in total. The minimum atomic E-state index is -0.819. The molecule has 1 unspecified atom stereocenters. The first-order valence-electron chi connectivity index (χ1n) is 6.67. The van der Waals surface area contributed by atoms with Crippen LogP contribution in [0.5, 0.6) is 0 Å². The standard InChI is InChI=1S/C14H17N3O3S/c1-9(6-7-12(18)19)8-15-13(20)17-14-16-10-4-2-3-5-11(10)21-14/h2-5,9H,6-8H2,1H3,(H,18,19)(H2,15,16,17,20). The van der Waals surface area contributed by atoms with Gasteiger partial charge in [-0.1, -0.05) is 30.4 Å². The Kier molecular flexibility index (Phi) is 5.10. The number of para-hydroxylation sites is 1. The molecular weight excluding hydrogens is 290 g/mol. The molecule has 1 heterocycles. The number of benzene rings is 1. The topological polar surface area (TPSA) is 91.3 Å². The zero-order valence-corrected chi connectivity index (χ0v) is 12.4. The van der Waals surface area contributed by atoms with Crippen LogP contribution in [0.2, 0.25) is 0 Å². The van der Waals surface area contributed by atoms with Crippen LogP contribution in [0, 0.1) is 5.92 Å². The van der Waals surface area contributed by atoms with Gasteiger partial charge in [-0.05, 0) is 24.5 Å². The number of aliphatic carboxylic acids is 1. The second-order valence-electron chi connectivity index (χ2n) is 4.86. The van der Waals surface area contributed by atoms with E-state index in [1.807, 2.05) is 31.2 Å². The Morgan fingerprint density at radius 2 is 2.14 bits per heavy atom. The van der Waals surface area contributed by atoms with E-state index in [2.05, 4.69) is 15.6 Å². The van der Waals surface area contributed by atoms with Crippen molar-refractivity contribution in [2.45, 2.75) is 19.8 Å². The number of rotatable bonds is 6. The lowest BCUT2D eigenvalue weighted by Crippen LogP contribution is -2.32. The first-order valence-corrected chi connectivity index (χ1v) is 7.48. The third kappa shape index (κ3) is 4.71. The Bertz CT molecular complexity index is 608. The summed E-state index contributed by atoms with van der Waals surface area (Å²) in [6, 6.07) is 7.34. The third-order valence-corrected chi connectivity index (χ3v) is 3.93. The predicted octanol–water partition coefficient (Wildman–Crippen LogP) is 2.92. The van der Waals surface area contributed by atoms with E-state index in [1.54, 1.807) is 0 Å². The number of hydrogen-bond donors (Lipinski definition) is 3. The molecule has 0 saturated heterocycles. The molecule has 1 atom stereocenters. The maximum atomic E-state index is 11.8. The highest BCUT2D eigenvalue weighted by molar-refractivity contribution is 7.22. The first-order chi connectivity index (χ1) is 10.0. The van der Waals surface area contributed by atoms with Crippen molar-refractivity contribution in [2.24, 2.45) is 5.92 Å². The van der Waals surface area contributed by atoms with E-state index in [0.29, 0.717) is 18.1 Å². The van der Waals surface area contributed by atoms with Crippen molar-refractivity contribution in [3.8, 4) is 0 Å². The number of carboxylic acid groups (broad SMARTS) is 1. The van der Waals surface area contributed by atoms with Crippen LogP contribution in [0.25, 0.3) is 10.2 Å². The van der Waals surface area contributed by atoms with Crippen LogP contribution >= 0.6 is 11.3 Å². The summed E-state index contributed by atoms with van der Waals surface area (Å²) in [6.07, 6.45) is 0.652. The van der Waals surface area contributed by atoms with E-state index < -0.39 is 5.97 Å². The van der Waals surface area contributed by atoms with Crippen molar-refractivity contribution in [3.63, 3.8) is 0 Å². The van der Waals surface area contributed by atoms with Gasteiger partial charge in [0.25, 0.3) is 0 Å². The first kappa shape index (κ1) is 15.2. The molecule has 6 nitrogen and oxygen atoms in total. The summed E-state index contributed by atoms with van der Waals surface area (Å²) in [5.74, 6) is -0.706. The zero-order valence-electron chi connectivity index (χ0n) is 11.6. The van der Waals surface area contributed by atoms with Gasteiger partial charge in [-0.15, -0.1) is 0 Å². The highest BCUT2D eigenvalue weighted by Crippen LogP contribution is 2.25. The van der Waals surface area contributed by atoms with E-state index in [1.165, 1.54) is 11.3 Å². The van der Waals surface area contributed by atoms with Crippen molar-refractivity contribution in [3.05, 3.63) is 24.3 Å². The molecule has 1 aromatic carbocycles. The molecule has 0 aliphatic carbocycles. The second-order valence-corrected chi connectivity index (χ2v) is 5.89. The number of anilines is 1. The molecule has 112 valence electrons. The molecular formula is C14H17N3O3S. The zero-order chi connectivity index (χ0) is 15.2. The quantitative estimate of drug-likeness (QED) is 0.765. The number of carbonyl (C=O) groups is 2. The largest absolute Gasteiger partial charge is 0.481 e. The fourth-order valence-electron chi connectivity index (χ4n) is 1.81. The van der Waals surface area contributed by atoms with E-state index in [-0.39, 0.29) is 18.4 Å². The van der Waals surface area contributed by atoms with Crippen molar-refractivity contribution in [1.29, 1.82) is 0 Å². The van der Waals surface area contributed by atoms with Gasteiger partial charge in [0, 0.05) is 13.0 Å². The van der Waals surface area contributed by atoms with Gasteiger partial charge in [0.2, 0.25) is 0 Å². The summed E-state index contributed by atoms with van der Waals surface area (Å²) in [4.78, 5) is 26.5. The highest BCUT2D eigenvalue weighted by Gasteiger charge is 2.10.